The van der Waals surface area contributed by atoms with E-state index in [2.05, 4.69) is 5.32 Å². The Balaban J connectivity index is 2.41. The second-order valence-corrected chi connectivity index (χ2v) is 2.97. The Morgan fingerprint density at radius 3 is 2.71 bits per heavy atom. The first-order valence-electron chi connectivity index (χ1n) is 4.74. The van der Waals surface area contributed by atoms with Crippen LogP contribution in [0.2, 0.25) is 0 Å². The van der Waals surface area contributed by atoms with Crippen LogP contribution in [-0.2, 0) is 4.74 Å². The third-order valence-corrected chi connectivity index (χ3v) is 1.95. The Labute approximate surface area is 85.0 Å². The molecule has 0 aliphatic heterocycles. The normalized spacial score (nSPS) is 9.86. The first-order chi connectivity index (χ1) is 6.88. The molecule has 78 valence electrons. The number of hydrogen-bond acceptors (Lipinski definition) is 3. The molecule has 3 nitrogen and oxygen atoms in total. The van der Waals surface area contributed by atoms with E-state index in [0.717, 1.165) is 31.0 Å². The number of nitrogens with one attached hydrogen (secondary N) is 1. The van der Waals surface area contributed by atoms with E-state index in [1.165, 1.54) is 0 Å². The fourth-order valence-corrected chi connectivity index (χ4v) is 1.23. The van der Waals surface area contributed by atoms with Crippen molar-refractivity contribution in [3.05, 3.63) is 24.3 Å². The largest absolute Gasteiger partial charge is 0.495 e. The van der Waals surface area contributed by atoms with Crippen molar-refractivity contribution in [3.63, 3.8) is 0 Å². The molecule has 0 aliphatic carbocycles. The molecule has 0 amide bonds. The smallest absolute Gasteiger partial charge is 0.141 e. The Morgan fingerprint density at radius 2 is 2.00 bits per heavy atom. The maximum Gasteiger partial charge on any atom is 0.141 e. The van der Waals surface area contributed by atoms with Gasteiger partial charge in [0.2, 0.25) is 0 Å². The van der Waals surface area contributed by atoms with Crippen LogP contribution in [0.25, 0.3) is 0 Å². The van der Waals surface area contributed by atoms with Crippen LogP contribution in [-0.4, -0.2) is 27.4 Å². The summed E-state index contributed by atoms with van der Waals surface area (Å²) in [4.78, 5) is 0. The summed E-state index contributed by atoms with van der Waals surface area (Å²) in [7, 11) is 3.39. The van der Waals surface area contributed by atoms with Gasteiger partial charge in [-0.05, 0) is 18.6 Å². The standard InChI is InChI=1S/C11H17NO2/c1-13-9-5-8-12-10-6-3-4-7-11(10)14-2/h3-4,6-7,12H,5,8-9H2,1-2H3. The van der Waals surface area contributed by atoms with Crippen molar-refractivity contribution in [2.75, 3.05) is 32.7 Å². The van der Waals surface area contributed by atoms with E-state index >= 15 is 0 Å². The van der Waals surface area contributed by atoms with Crippen molar-refractivity contribution >= 4 is 5.69 Å². The summed E-state index contributed by atoms with van der Waals surface area (Å²) in [5, 5.41) is 3.29. The van der Waals surface area contributed by atoms with Crippen LogP contribution < -0.4 is 10.1 Å². The van der Waals surface area contributed by atoms with Gasteiger partial charge in [-0.15, -0.1) is 0 Å². The van der Waals surface area contributed by atoms with Gasteiger partial charge in [-0.25, -0.2) is 0 Å². The first-order valence-corrected chi connectivity index (χ1v) is 4.74. The predicted octanol–water partition coefficient (Wildman–Crippen LogP) is 2.14. The summed E-state index contributed by atoms with van der Waals surface area (Å²) in [6.45, 7) is 1.68. The highest BCUT2D eigenvalue weighted by Crippen LogP contribution is 2.22. The van der Waals surface area contributed by atoms with Gasteiger partial charge in [-0.1, -0.05) is 12.1 Å². The minimum atomic E-state index is 0.780. The number of methoxy groups -OCH3 is 2. The van der Waals surface area contributed by atoms with E-state index in [1.54, 1.807) is 14.2 Å². The molecule has 0 fully saturated rings. The van der Waals surface area contributed by atoms with Crippen molar-refractivity contribution in [2.24, 2.45) is 0 Å². The zero-order valence-corrected chi connectivity index (χ0v) is 8.75. The van der Waals surface area contributed by atoms with Gasteiger partial charge in [0.05, 0.1) is 12.8 Å². The Bertz CT molecular complexity index is 263. The van der Waals surface area contributed by atoms with Gasteiger partial charge in [0.1, 0.15) is 5.75 Å². The number of rotatable bonds is 6. The van der Waals surface area contributed by atoms with E-state index in [4.69, 9.17) is 9.47 Å². The van der Waals surface area contributed by atoms with Gasteiger partial charge in [0.15, 0.2) is 0 Å². The maximum atomic E-state index is 5.21. The van der Waals surface area contributed by atoms with Crippen LogP contribution in [0.4, 0.5) is 5.69 Å². The monoisotopic (exact) mass is 195 g/mol. The topological polar surface area (TPSA) is 30.5 Å². The number of ether oxygens (including phenoxy) is 2. The maximum absolute atomic E-state index is 5.21. The summed E-state index contributed by atoms with van der Waals surface area (Å²) in [5.41, 5.74) is 1.03. The first kappa shape index (κ1) is 10.9. The summed E-state index contributed by atoms with van der Waals surface area (Å²) in [6, 6.07) is 7.89. The molecule has 0 unspecified atom stereocenters. The Kier molecular flexibility index (Phi) is 4.86. The highest BCUT2D eigenvalue weighted by atomic mass is 16.5. The molecule has 0 saturated carbocycles. The van der Waals surface area contributed by atoms with E-state index in [1.807, 2.05) is 24.3 Å². The van der Waals surface area contributed by atoms with Crippen LogP contribution in [0.3, 0.4) is 0 Å². The van der Waals surface area contributed by atoms with Crippen molar-refractivity contribution < 1.29 is 9.47 Å². The number of para-hydroxylation sites is 2. The average Bonchev–Trinajstić information content (AvgIpc) is 2.25. The van der Waals surface area contributed by atoms with Crippen molar-refractivity contribution in [1.82, 2.24) is 0 Å². The van der Waals surface area contributed by atoms with E-state index in [9.17, 15) is 0 Å². The summed E-state index contributed by atoms with van der Waals surface area (Å²) in [6.07, 6.45) is 0.995. The molecule has 0 spiro atoms. The van der Waals surface area contributed by atoms with Crippen LogP contribution in [0, 0.1) is 0 Å². The SMILES string of the molecule is COCCCNc1ccccc1OC. The quantitative estimate of drug-likeness (QED) is 0.705. The predicted molar refractivity (Wildman–Crippen MR) is 58.0 cm³/mol. The summed E-state index contributed by atoms with van der Waals surface area (Å²) >= 11 is 0. The van der Waals surface area contributed by atoms with Crippen molar-refractivity contribution in [2.45, 2.75) is 6.42 Å². The molecule has 1 N–H and O–H groups in total. The third kappa shape index (κ3) is 3.26. The highest BCUT2D eigenvalue weighted by molar-refractivity contribution is 5.55. The lowest BCUT2D eigenvalue weighted by Crippen LogP contribution is -2.05. The van der Waals surface area contributed by atoms with Crippen LogP contribution >= 0.6 is 0 Å². The number of benzene rings is 1. The lowest BCUT2D eigenvalue weighted by Gasteiger charge is -2.10. The zero-order valence-electron chi connectivity index (χ0n) is 8.75. The molecule has 1 aromatic rings. The minimum absolute atomic E-state index is 0.780. The zero-order chi connectivity index (χ0) is 10.2. The van der Waals surface area contributed by atoms with E-state index in [0.29, 0.717) is 0 Å². The van der Waals surface area contributed by atoms with Gasteiger partial charge in [-0.2, -0.15) is 0 Å². The summed E-state index contributed by atoms with van der Waals surface area (Å²) in [5.74, 6) is 0.880. The molecule has 0 bridgehead atoms. The average molecular weight is 195 g/mol. The van der Waals surface area contributed by atoms with E-state index in [-0.39, 0.29) is 0 Å². The molecular formula is C11H17NO2. The van der Waals surface area contributed by atoms with Gasteiger partial charge >= 0.3 is 0 Å². The van der Waals surface area contributed by atoms with Crippen molar-refractivity contribution in [1.29, 1.82) is 0 Å². The molecular weight excluding hydrogens is 178 g/mol. The molecule has 3 heteroatoms. The van der Waals surface area contributed by atoms with Crippen LogP contribution in [0.1, 0.15) is 6.42 Å². The number of hydrogen-bond donors (Lipinski definition) is 1. The van der Waals surface area contributed by atoms with Gasteiger partial charge in [0, 0.05) is 20.3 Å². The second-order valence-electron chi connectivity index (χ2n) is 2.97. The third-order valence-electron chi connectivity index (χ3n) is 1.95. The van der Waals surface area contributed by atoms with Gasteiger partial charge in [-0.3, -0.25) is 0 Å². The second kappa shape index (κ2) is 6.27. The number of anilines is 1. The lowest BCUT2D eigenvalue weighted by molar-refractivity contribution is 0.197. The van der Waals surface area contributed by atoms with Crippen LogP contribution in [0.5, 0.6) is 5.75 Å². The molecule has 1 aromatic carbocycles. The molecule has 0 radical (unpaired) electrons. The van der Waals surface area contributed by atoms with Crippen molar-refractivity contribution in [3.8, 4) is 5.75 Å². The summed E-state index contributed by atoms with van der Waals surface area (Å²) < 4.78 is 10.2. The fraction of sp³-hybridized carbons (Fsp3) is 0.455. The molecule has 1 rings (SSSR count). The Morgan fingerprint density at radius 1 is 1.21 bits per heavy atom. The van der Waals surface area contributed by atoms with E-state index < -0.39 is 0 Å². The minimum Gasteiger partial charge on any atom is -0.495 e. The molecule has 0 aromatic heterocycles. The molecule has 14 heavy (non-hydrogen) atoms. The molecule has 0 atom stereocenters. The van der Waals surface area contributed by atoms with Crippen LogP contribution in [0.15, 0.2) is 24.3 Å². The lowest BCUT2D eigenvalue weighted by atomic mass is 10.3. The molecule has 0 heterocycles. The molecule has 0 aliphatic rings. The van der Waals surface area contributed by atoms with Gasteiger partial charge in [0.25, 0.3) is 0 Å². The molecule has 0 saturated heterocycles. The highest BCUT2D eigenvalue weighted by Gasteiger charge is 1.98. The Hall–Kier alpha value is -1.22. The van der Waals surface area contributed by atoms with Gasteiger partial charge < -0.3 is 14.8 Å². The fourth-order valence-electron chi connectivity index (χ4n) is 1.23.